The van der Waals surface area contributed by atoms with Crippen LogP contribution in [-0.2, 0) is 0 Å². The second-order valence-electron chi connectivity index (χ2n) is 5.48. The number of carbonyl (C=O) groups excluding carboxylic acids is 1. The molecule has 5 nitrogen and oxygen atoms in total. The zero-order chi connectivity index (χ0) is 16.2. The van der Waals surface area contributed by atoms with Gasteiger partial charge in [0.25, 0.3) is 5.91 Å². The summed E-state index contributed by atoms with van der Waals surface area (Å²) in [5.74, 6) is -0.222. The van der Waals surface area contributed by atoms with E-state index >= 15 is 0 Å². The fraction of sp³-hybridized carbons (Fsp3) is 0.375. The lowest BCUT2D eigenvalue weighted by Crippen LogP contribution is -2.32. The minimum atomic E-state index is -0.222. The van der Waals surface area contributed by atoms with Gasteiger partial charge in [0.2, 0.25) is 0 Å². The summed E-state index contributed by atoms with van der Waals surface area (Å²) in [5, 5.41) is 11.2. The van der Waals surface area contributed by atoms with Crippen molar-refractivity contribution in [1.29, 1.82) is 0 Å². The Labute approximate surface area is 156 Å². The third-order valence-corrected chi connectivity index (χ3v) is 5.12. The molecule has 3 rings (SSSR count). The molecule has 2 N–H and O–H groups in total. The van der Waals surface area contributed by atoms with Crippen molar-refractivity contribution in [1.82, 2.24) is 15.1 Å². The van der Waals surface area contributed by atoms with Crippen molar-refractivity contribution >= 4 is 47.4 Å². The highest BCUT2D eigenvalue weighted by Gasteiger charge is 2.17. The third kappa shape index (κ3) is 4.45. The first-order valence-corrected chi connectivity index (χ1v) is 9.18. The van der Waals surface area contributed by atoms with Gasteiger partial charge in [-0.3, -0.25) is 9.48 Å². The van der Waals surface area contributed by atoms with Crippen molar-refractivity contribution in [2.24, 2.45) is 0 Å². The first-order valence-electron chi connectivity index (χ1n) is 7.58. The van der Waals surface area contributed by atoms with Gasteiger partial charge < -0.3 is 10.6 Å². The van der Waals surface area contributed by atoms with Crippen LogP contribution in [0.3, 0.4) is 0 Å². The third-order valence-electron chi connectivity index (χ3n) is 3.90. The topological polar surface area (TPSA) is 59.0 Å². The van der Waals surface area contributed by atoms with Crippen molar-refractivity contribution < 1.29 is 4.79 Å². The van der Waals surface area contributed by atoms with Crippen molar-refractivity contribution in [2.45, 2.75) is 23.8 Å². The van der Waals surface area contributed by atoms with Crippen molar-refractivity contribution in [2.75, 3.05) is 24.7 Å². The number of amides is 1. The Hall–Kier alpha value is -1.21. The molecule has 1 amide bonds. The van der Waals surface area contributed by atoms with Gasteiger partial charge in [-0.05, 0) is 49.9 Å². The summed E-state index contributed by atoms with van der Waals surface area (Å²) in [7, 11) is 0. The maximum Gasteiger partial charge on any atom is 0.276 e. The predicted octanol–water partition coefficient (Wildman–Crippen LogP) is 3.86. The molecular formula is C16H20Cl2N4OS. The highest BCUT2D eigenvalue weighted by molar-refractivity contribution is 7.98. The first-order chi connectivity index (χ1) is 11.2. The number of benzene rings is 1. The highest BCUT2D eigenvalue weighted by Crippen LogP contribution is 2.28. The zero-order valence-electron chi connectivity index (χ0n) is 13.3. The second-order valence-corrected chi connectivity index (χ2v) is 6.74. The van der Waals surface area contributed by atoms with Crippen LogP contribution in [0.4, 0.5) is 5.69 Å². The van der Waals surface area contributed by atoms with Crippen LogP contribution in [0.1, 0.15) is 29.4 Å². The van der Waals surface area contributed by atoms with E-state index in [-0.39, 0.29) is 18.3 Å². The molecule has 1 saturated heterocycles. The van der Waals surface area contributed by atoms with E-state index in [2.05, 4.69) is 15.7 Å². The lowest BCUT2D eigenvalue weighted by Gasteiger charge is -2.22. The summed E-state index contributed by atoms with van der Waals surface area (Å²) in [5.41, 5.74) is 1.09. The number of thioether (sulfide) groups is 1. The molecular weight excluding hydrogens is 367 g/mol. The van der Waals surface area contributed by atoms with Gasteiger partial charge in [0.1, 0.15) is 0 Å². The van der Waals surface area contributed by atoms with E-state index in [1.54, 1.807) is 23.9 Å². The molecule has 0 aliphatic carbocycles. The van der Waals surface area contributed by atoms with Crippen molar-refractivity contribution in [3.05, 3.63) is 41.2 Å². The molecule has 1 fully saturated rings. The number of hydrogen-bond acceptors (Lipinski definition) is 4. The maximum atomic E-state index is 12.3. The standard InChI is InChI=1S/C16H19ClN4OS.ClH/c1-23-15-5-4-11(9-13(15)17)19-16(22)14-6-8-21(20-14)12-3-2-7-18-10-12;/h4-6,8-9,12,18H,2-3,7,10H2,1H3,(H,19,22);1H. The second kappa shape index (κ2) is 8.76. The van der Waals surface area contributed by atoms with Gasteiger partial charge in [-0.25, -0.2) is 0 Å². The number of hydrogen-bond donors (Lipinski definition) is 2. The van der Waals surface area contributed by atoms with Crippen molar-refractivity contribution in [3.63, 3.8) is 0 Å². The monoisotopic (exact) mass is 386 g/mol. The molecule has 24 heavy (non-hydrogen) atoms. The fourth-order valence-corrected chi connectivity index (χ4v) is 3.53. The molecule has 0 saturated carbocycles. The Bertz CT molecular complexity index is 701. The van der Waals surface area contributed by atoms with Crippen LogP contribution in [0.2, 0.25) is 5.02 Å². The molecule has 1 aliphatic rings. The molecule has 130 valence electrons. The van der Waals surface area contributed by atoms with Gasteiger partial charge in [-0.1, -0.05) is 11.6 Å². The van der Waals surface area contributed by atoms with Gasteiger partial charge in [-0.2, -0.15) is 5.10 Å². The Kier molecular flexibility index (Phi) is 6.98. The summed E-state index contributed by atoms with van der Waals surface area (Å²) in [6.45, 7) is 1.95. The molecule has 1 aromatic heterocycles. The fourth-order valence-electron chi connectivity index (χ4n) is 2.66. The largest absolute Gasteiger partial charge is 0.321 e. The molecule has 2 heterocycles. The number of nitrogens with one attached hydrogen (secondary N) is 2. The number of carbonyl (C=O) groups is 1. The van der Waals surface area contributed by atoms with Crippen LogP contribution < -0.4 is 10.6 Å². The summed E-state index contributed by atoms with van der Waals surface area (Å²) in [6.07, 6.45) is 6.05. The number of aromatic nitrogens is 2. The van der Waals surface area contributed by atoms with E-state index in [9.17, 15) is 4.79 Å². The van der Waals surface area contributed by atoms with Crippen LogP contribution in [0.15, 0.2) is 35.4 Å². The lowest BCUT2D eigenvalue weighted by atomic mass is 10.1. The van der Waals surface area contributed by atoms with Gasteiger partial charge in [0.15, 0.2) is 5.69 Å². The molecule has 0 spiro atoms. The lowest BCUT2D eigenvalue weighted by molar-refractivity contribution is 0.102. The molecule has 0 bridgehead atoms. The molecule has 1 aromatic carbocycles. The number of anilines is 1. The van der Waals surface area contributed by atoms with Crippen LogP contribution in [0.25, 0.3) is 0 Å². The van der Waals surface area contributed by atoms with Gasteiger partial charge in [-0.15, -0.1) is 24.2 Å². The van der Waals surface area contributed by atoms with Gasteiger partial charge in [0, 0.05) is 23.3 Å². The quantitative estimate of drug-likeness (QED) is 0.783. The molecule has 2 aromatic rings. The summed E-state index contributed by atoms with van der Waals surface area (Å²) in [4.78, 5) is 13.3. The van der Waals surface area contributed by atoms with Crippen LogP contribution in [0, 0.1) is 0 Å². The Morgan fingerprint density at radius 2 is 2.29 bits per heavy atom. The number of halogens is 2. The summed E-state index contributed by atoms with van der Waals surface area (Å²) < 4.78 is 1.88. The molecule has 1 aliphatic heterocycles. The van der Waals surface area contributed by atoms with E-state index in [1.807, 2.05) is 29.3 Å². The minimum Gasteiger partial charge on any atom is -0.321 e. The average molecular weight is 387 g/mol. The van der Waals surface area contributed by atoms with Crippen LogP contribution in [-0.4, -0.2) is 35.0 Å². The molecule has 1 atom stereocenters. The van der Waals surface area contributed by atoms with E-state index in [4.69, 9.17) is 11.6 Å². The predicted molar refractivity (Wildman–Crippen MR) is 102 cm³/mol. The van der Waals surface area contributed by atoms with Gasteiger partial charge >= 0.3 is 0 Å². The highest BCUT2D eigenvalue weighted by atomic mass is 35.5. The Morgan fingerprint density at radius 3 is 2.96 bits per heavy atom. The molecule has 8 heteroatoms. The maximum absolute atomic E-state index is 12.3. The SMILES string of the molecule is CSc1ccc(NC(=O)c2ccn(C3CCCNC3)n2)cc1Cl.Cl. The summed E-state index contributed by atoms with van der Waals surface area (Å²) in [6, 6.07) is 7.57. The number of nitrogens with zero attached hydrogens (tertiary/aromatic N) is 2. The molecule has 1 unspecified atom stereocenters. The van der Waals surface area contributed by atoms with Crippen LogP contribution >= 0.6 is 35.8 Å². The van der Waals surface area contributed by atoms with E-state index in [0.29, 0.717) is 22.4 Å². The number of piperidine rings is 1. The van der Waals surface area contributed by atoms with Crippen molar-refractivity contribution in [3.8, 4) is 0 Å². The smallest absolute Gasteiger partial charge is 0.276 e. The van der Waals surface area contributed by atoms with E-state index in [0.717, 1.165) is 30.8 Å². The van der Waals surface area contributed by atoms with E-state index < -0.39 is 0 Å². The van der Waals surface area contributed by atoms with Gasteiger partial charge in [0.05, 0.1) is 11.1 Å². The minimum absolute atomic E-state index is 0. The molecule has 0 radical (unpaired) electrons. The Morgan fingerprint density at radius 1 is 1.46 bits per heavy atom. The average Bonchev–Trinajstić information content (AvgIpc) is 3.06. The first kappa shape index (κ1) is 19.1. The zero-order valence-corrected chi connectivity index (χ0v) is 15.7. The van der Waals surface area contributed by atoms with Crippen LogP contribution in [0.5, 0.6) is 0 Å². The summed E-state index contributed by atoms with van der Waals surface area (Å²) >= 11 is 7.74. The Balaban J connectivity index is 0.00000208. The number of rotatable bonds is 4. The van der Waals surface area contributed by atoms with E-state index in [1.165, 1.54) is 0 Å². The normalized spacial score (nSPS) is 17.2.